The maximum absolute atomic E-state index is 11.1. The third kappa shape index (κ3) is 3.72. The van der Waals surface area contributed by atoms with Crippen LogP contribution < -0.4 is 5.32 Å². The van der Waals surface area contributed by atoms with E-state index in [0.717, 1.165) is 13.1 Å². The van der Waals surface area contributed by atoms with Gasteiger partial charge in [0.1, 0.15) is 5.69 Å². The second kappa shape index (κ2) is 6.73. The quantitative estimate of drug-likeness (QED) is 0.660. The normalized spacial score (nSPS) is 16.0. The van der Waals surface area contributed by atoms with Crippen LogP contribution in [0.2, 0.25) is 0 Å². The topological polar surface area (TPSA) is 91.4 Å². The van der Waals surface area contributed by atoms with Crippen LogP contribution >= 0.6 is 0 Å². The second-order valence-electron chi connectivity index (χ2n) is 5.87. The van der Waals surface area contributed by atoms with Gasteiger partial charge in [-0.1, -0.05) is 0 Å². The summed E-state index contributed by atoms with van der Waals surface area (Å²) in [6.07, 6.45) is 0. The number of nitro benzene ring substituents is 1. The third-order valence-electron chi connectivity index (χ3n) is 3.90. The molecule has 0 aromatic heterocycles. The highest BCUT2D eigenvalue weighted by Crippen LogP contribution is 2.26. The summed E-state index contributed by atoms with van der Waals surface area (Å²) in [6.45, 7) is 7.89. The molecule has 1 N–H and O–H groups in total. The molecule has 1 aliphatic rings. The van der Waals surface area contributed by atoms with E-state index in [0.29, 0.717) is 25.4 Å². The summed E-state index contributed by atoms with van der Waals surface area (Å²) in [5.74, 6) is 0. The Labute approximate surface area is 129 Å². The maximum Gasteiger partial charge on any atom is 0.293 e. The summed E-state index contributed by atoms with van der Waals surface area (Å²) >= 11 is 0. The third-order valence-corrected chi connectivity index (χ3v) is 3.90. The highest BCUT2D eigenvalue weighted by atomic mass is 16.6. The van der Waals surface area contributed by atoms with Gasteiger partial charge in [0.15, 0.2) is 0 Å². The van der Waals surface area contributed by atoms with Crippen LogP contribution in [-0.2, 0) is 4.74 Å². The Hall–Kier alpha value is -2.17. The largest absolute Gasteiger partial charge is 0.379 e. The van der Waals surface area contributed by atoms with Crippen LogP contribution in [0, 0.1) is 21.4 Å². The Kier molecular flexibility index (Phi) is 4.96. The molecule has 1 saturated heterocycles. The lowest BCUT2D eigenvalue weighted by Crippen LogP contribution is -2.53. The molecule has 1 aromatic rings. The van der Waals surface area contributed by atoms with Crippen molar-refractivity contribution in [2.45, 2.75) is 19.4 Å². The zero-order valence-corrected chi connectivity index (χ0v) is 12.8. The molecule has 0 unspecified atom stereocenters. The minimum absolute atomic E-state index is 0.0724. The number of rotatable bonds is 5. The number of nitro groups is 1. The second-order valence-corrected chi connectivity index (χ2v) is 5.87. The first kappa shape index (κ1) is 16.2. The standard InChI is InChI=1S/C15H20N4O3/c1-15(2,18-5-7-22-8-6-18)11-17-13-4-3-12(10-16)9-14(13)19(20)21/h3-4,9,17H,5-8,11H2,1-2H3. The van der Waals surface area contributed by atoms with Gasteiger partial charge in [-0.3, -0.25) is 15.0 Å². The minimum atomic E-state index is -0.467. The van der Waals surface area contributed by atoms with E-state index in [4.69, 9.17) is 10.00 Å². The molecule has 1 aliphatic heterocycles. The summed E-state index contributed by atoms with van der Waals surface area (Å²) in [6, 6.07) is 6.38. The van der Waals surface area contributed by atoms with Gasteiger partial charge in [-0.15, -0.1) is 0 Å². The lowest BCUT2D eigenvalue weighted by Gasteiger charge is -2.41. The van der Waals surface area contributed by atoms with Crippen LogP contribution in [0.25, 0.3) is 0 Å². The van der Waals surface area contributed by atoms with Crippen LogP contribution in [0.3, 0.4) is 0 Å². The SMILES string of the molecule is CC(C)(CNc1ccc(C#N)cc1[N+](=O)[O-])N1CCOCC1. The zero-order valence-electron chi connectivity index (χ0n) is 12.8. The molecule has 0 saturated carbocycles. The Balaban J connectivity index is 2.10. The Morgan fingerprint density at radius 2 is 2.14 bits per heavy atom. The first-order valence-electron chi connectivity index (χ1n) is 7.19. The van der Waals surface area contributed by atoms with E-state index in [-0.39, 0.29) is 16.8 Å². The zero-order chi connectivity index (χ0) is 16.2. The number of hydrogen-bond acceptors (Lipinski definition) is 6. The van der Waals surface area contributed by atoms with Crippen LogP contribution in [0.5, 0.6) is 0 Å². The molecule has 0 atom stereocenters. The van der Waals surface area contributed by atoms with Crippen LogP contribution in [0.4, 0.5) is 11.4 Å². The van der Waals surface area contributed by atoms with Crippen molar-refractivity contribution in [2.24, 2.45) is 0 Å². The number of anilines is 1. The molecule has 0 bridgehead atoms. The van der Waals surface area contributed by atoms with Crippen molar-refractivity contribution in [3.8, 4) is 6.07 Å². The number of hydrogen-bond donors (Lipinski definition) is 1. The van der Waals surface area contributed by atoms with Crippen molar-refractivity contribution < 1.29 is 9.66 Å². The molecule has 0 spiro atoms. The van der Waals surface area contributed by atoms with Crippen LogP contribution in [-0.4, -0.2) is 48.2 Å². The number of nitrogens with zero attached hydrogens (tertiary/aromatic N) is 3. The molecule has 1 aromatic carbocycles. The molecule has 2 rings (SSSR count). The van der Waals surface area contributed by atoms with Crippen molar-refractivity contribution >= 4 is 11.4 Å². The summed E-state index contributed by atoms with van der Waals surface area (Å²) in [7, 11) is 0. The molecule has 22 heavy (non-hydrogen) atoms. The first-order chi connectivity index (χ1) is 10.4. The van der Waals surface area contributed by atoms with E-state index in [1.165, 1.54) is 6.07 Å². The number of nitriles is 1. The smallest absolute Gasteiger partial charge is 0.293 e. The van der Waals surface area contributed by atoms with E-state index in [1.807, 2.05) is 6.07 Å². The summed E-state index contributed by atoms with van der Waals surface area (Å²) in [5, 5.41) is 23.1. The van der Waals surface area contributed by atoms with Gasteiger partial charge in [0.25, 0.3) is 5.69 Å². The summed E-state index contributed by atoms with van der Waals surface area (Å²) in [5.41, 5.74) is 0.498. The highest BCUT2D eigenvalue weighted by molar-refractivity contribution is 5.64. The van der Waals surface area contributed by atoms with E-state index in [9.17, 15) is 10.1 Å². The lowest BCUT2D eigenvalue weighted by molar-refractivity contribution is -0.384. The van der Waals surface area contributed by atoms with E-state index < -0.39 is 4.92 Å². The fourth-order valence-electron chi connectivity index (χ4n) is 2.49. The fraction of sp³-hybridized carbons (Fsp3) is 0.533. The summed E-state index contributed by atoms with van der Waals surface area (Å²) < 4.78 is 5.35. The molecule has 0 aliphatic carbocycles. The molecule has 7 heteroatoms. The minimum Gasteiger partial charge on any atom is -0.379 e. The molecule has 0 amide bonds. The lowest BCUT2D eigenvalue weighted by atomic mass is 10.0. The maximum atomic E-state index is 11.1. The van der Waals surface area contributed by atoms with Crippen LogP contribution in [0.1, 0.15) is 19.4 Å². The highest BCUT2D eigenvalue weighted by Gasteiger charge is 2.28. The molecular formula is C15H20N4O3. The molecular weight excluding hydrogens is 284 g/mol. The Morgan fingerprint density at radius 1 is 1.45 bits per heavy atom. The fourth-order valence-corrected chi connectivity index (χ4v) is 2.49. The predicted molar refractivity (Wildman–Crippen MR) is 82.8 cm³/mol. The van der Waals surface area contributed by atoms with Crippen LogP contribution in [0.15, 0.2) is 18.2 Å². The van der Waals surface area contributed by atoms with Gasteiger partial charge in [-0.2, -0.15) is 5.26 Å². The molecule has 1 heterocycles. The molecule has 0 radical (unpaired) electrons. The van der Waals surface area contributed by atoms with Gasteiger partial charge in [0.05, 0.1) is 29.8 Å². The van der Waals surface area contributed by atoms with Crippen molar-refractivity contribution in [1.82, 2.24) is 4.90 Å². The number of ether oxygens (including phenoxy) is 1. The molecule has 7 nitrogen and oxygen atoms in total. The van der Waals surface area contributed by atoms with Gasteiger partial charge < -0.3 is 10.1 Å². The van der Waals surface area contributed by atoms with E-state index >= 15 is 0 Å². The molecule has 118 valence electrons. The van der Waals surface area contributed by atoms with Gasteiger partial charge in [0, 0.05) is 31.2 Å². The Morgan fingerprint density at radius 3 is 2.73 bits per heavy atom. The number of morpholine rings is 1. The van der Waals surface area contributed by atoms with Gasteiger partial charge in [-0.05, 0) is 26.0 Å². The van der Waals surface area contributed by atoms with Crippen molar-refractivity contribution in [3.63, 3.8) is 0 Å². The molecule has 1 fully saturated rings. The monoisotopic (exact) mass is 304 g/mol. The first-order valence-corrected chi connectivity index (χ1v) is 7.19. The predicted octanol–water partition coefficient (Wildman–Crippen LogP) is 1.99. The van der Waals surface area contributed by atoms with Crippen molar-refractivity contribution in [3.05, 3.63) is 33.9 Å². The van der Waals surface area contributed by atoms with Crippen molar-refractivity contribution in [2.75, 3.05) is 38.2 Å². The van der Waals surface area contributed by atoms with Gasteiger partial charge >= 0.3 is 0 Å². The van der Waals surface area contributed by atoms with E-state index in [2.05, 4.69) is 24.1 Å². The average molecular weight is 304 g/mol. The summed E-state index contributed by atoms with van der Waals surface area (Å²) in [4.78, 5) is 13.0. The van der Waals surface area contributed by atoms with Crippen molar-refractivity contribution in [1.29, 1.82) is 5.26 Å². The number of nitrogens with one attached hydrogen (secondary N) is 1. The number of benzene rings is 1. The van der Waals surface area contributed by atoms with Gasteiger partial charge in [-0.25, -0.2) is 0 Å². The average Bonchev–Trinajstić information content (AvgIpc) is 2.53. The van der Waals surface area contributed by atoms with E-state index in [1.54, 1.807) is 12.1 Å². The van der Waals surface area contributed by atoms with Gasteiger partial charge in [0.2, 0.25) is 0 Å². The Bertz CT molecular complexity index is 589.